The van der Waals surface area contributed by atoms with Crippen LogP contribution in [0.5, 0.6) is 0 Å². The quantitative estimate of drug-likeness (QED) is 0.169. The molecule has 30 heavy (non-hydrogen) atoms. The molecule has 0 saturated carbocycles. The fourth-order valence-electron chi connectivity index (χ4n) is 2.05. The fraction of sp³-hybridized carbons (Fsp3) is 0.211. The number of anilines is 1. The van der Waals surface area contributed by atoms with Crippen molar-refractivity contribution in [2.45, 2.75) is 0 Å². The van der Waals surface area contributed by atoms with Crippen molar-refractivity contribution in [3.63, 3.8) is 0 Å². The van der Waals surface area contributed by atoms with Gasteiger partial charge in [-0.1, -0.05) is 0 Å². The molecule has 0 fully saturated rings. The molecule has 2 aromatic rings. The maximum atomic E-state index is 10.6. The Bertz CT molecular complexity index is 971. The van der Waals surface area contributed by atoms with Crippen LogP contribution in [0.2, 0.25) is 0 Å². The smallest absolute Gasteiger partial charge is 0.269 e. The Hall–Kier alpha value is -3.28. The van der Waals surface area contributed by atoms with Crippen molar-refractivity contribution in [3.8, 4) is 0 Å². The zero-order valence-electron chi connectivity index (χ0n) is 16.5. The van der Waals surface area contributed by atoms with Crippen LogP contribution in [0.4, 0.5) is 11.4 Å². The van der Waals surface area contributed by atoms with Gasteiger partial charge in [0.1, 0.15) is 5.84 Å². The van der Waals surface area contributed by atoms with E-state index in [4.69, 9.17) is 15.1 Å². The number of aliphatic hydroxyl groups is 1. The van der Waals surface area contributed by atoms with E-state index < -0.39 is 27.4 Å². The third-order valence-electron chi connectivity index (χ3n) is 3.63. The predicted octanol–water partition coefficient (Wildman–Crippen LogP) is 2.11. The van der Waals surface area contributed by atoms with Gasteiger partial charge < -0.3 is 15.3 Å². The zero-order valence-corrected chi connectivity index (χ0v) is 17.3. The molecule has 0 saturated heterocycles. The van der Waals surface area contributed by atoms with Gasteiger partial charge in [0.2, 0.25) is 0 Å². The molecular formula is C19H24N4O6S. The molecule has 0 aliphatic carbocycles. The van der Waals surface area contributed by atoms with E-state index in [9.17, 15) is 18.5 Å². The standard InChI is InChI=1S/C17H18N4O2.C2H6O4S/c1-20(2)15-9-5-14(6-10-15)17(18)19-12-11-13-3-7-16(8-4-13)21(22)23;3-1-2-7(4,5)6/h3-12H,1-2H3,(H2,18,19);3H,1-2H2,(H,4,5,6)/b12-11+;. The third kappa shape index (κ3) is 9.28. The molecule has 0 heterocycles. The van der Waals surface area contributed by atoms with Gasteiger partial charge in [-0.15, -0.1) is 0 Å². The van der Waals surface area contributed by atoms with E-state index in [1.54, 1.807) is 24.4 Å². The first kappa shape index (κ1) is 24.8. The van der Waals surface area contributed by atoms with E-state index in [0.717, 1.165) is 16.8 Å². The molecule has 162 valence electrons. The maximum Gasteiger partial charge on any atom is 0.269 e. The Morgan fingerprint density at radius 3 is 2.13 bits per heavy atom. The maximum absolute atomic E-state index is 10.6. The van der Waals surface area contributed by atoms with Crippen molar-refractivity contribution in [1.29, 1.82) is 5.41 Å². The van der Waals surface area contributed by atoms with E-state index in [0.29, 0.717) is 0 Å². The number of non-ortho nitro benzene ring substituents is 1. The fourth-order valence-corrected chi connectivity index (χ4v) is 2.28. The van der Waals surface area contributed by atoms with E-state index >= 15 is 0 Å². The van der Waals surface area contributed by atoms with E-state index in [1.807, 2.05) is 43.3 Å². The number of amidine groups is 1. The molecular weight excluding hydrogens is 412 g/mol. The summed E-state index contributed by atoms with van der Waals surface area (Å²) in [5.74, 6) is -0.291. The highest BCUT2D eigenvalue weighted by Gasteiger charge is 2.03. The van der Waals surface area contributed by atoms with Crippen molar-refractivity contribution in [2.75, 3.05) is 31.4 Å². The molecule has 11 heteroatoms. The van der Waals surface area contributed by atoms with E-state index in [1.165, 1.54) is 12.1 Å². The molecule has 0 radical (unpaired) electrons. The number of aliphatic hydroxyl groups excluding tert-OH is 1. The number of rotatable bonds is 7. The van der Waals surface area contributed by atoms with Gasteiger partial charge in [-0.25, -0.2) is 0 Å². The molecule has 2 rings (SSSR count). The van der Waals surface area contributed by atoms with Crippen LogP contribution in [0.25, 0.3) is 6.08 Å². The van der Waals surface area contributed by atoms with Crippen LogP contribution >= 0.6 is 0 Å². The highest BCUT2D eigenvalue weighted by molar-refractivity contribution is 7.85. The van der Waals surface area contributed by atoms with Crippen molar-refractivity contribution >= 4 is 33.4 Å². The Kier molecular flexibility index (Phi) is 9.62. The minimum Gasteiger partial charge on any atom is -0.395 e. The van der Waals surface area contributed by atoms with Gasteiger partial charge in [-0.05, 0) is 48.0 Å². The Morgan fingerprint density at radius 2 is 1.73 bits per heavy atom. The monoisotopic (exact) mass is 436 g/mol. The van der Waals surface area contributed by atoms with E-state index in [-0.39, 0.29) is 11.5 Å². The van der Waals surface area contributed by atoms with Crippen LogP contribution < -0.4 is 10.2 Å². The molecule has 0 bridgehead atoms. The Balaban J connectivity index is 0.000000553. The van der Waals surface area contributed by atoms with Crippen molar-refractivity contribution in [2.24, 2.45) is 0 Å². The first-order chi connectivity index (χ1) is 14.0. The zero-order chi connectivity index (χ0) is 22.7. The summed E-state index contributed by atoms with van der Waals surface area (Å²) in [6, 6.07) is 13.9. The Labute approximate surface area is 174 Å². The molecule has 2 aromatic carbocycles. The largest absolute Gasteiger partial charge is 0.395 e. The second-order valence-electron chi connectivity index (χ2n) is 6.15. The highest BCUT2D eigenvalue weighted by Crippen LogP contribution is 2.13. The van der Waals surface area contributed by atoms with Gasteiger partial charge in [0.15, 0.2) is 0 Å². The topological polar surface area (TPSA) is 157 Å². The average molecular weight is 436 g/mol. The number of nitrogens with zero attached hydrogens (tertiary/aromatic N) is 2. The highest BCUT2D eigenvalue weighted by atomic mass is 32.2. The molecule has 10 nitrogen and oxygen atoms in total. The molecule has 0 spiro atoms. The molecule has 0 aliphatic heterocycles. The lowest BCUT2D eigenvalue weighted by Crippen LogP contribution is -2.17. The average Bonchev–Trinajstić information content (AvgIpc) is 2.68. The van der Waals surface area contributed by atoms with Gasteiger partial charge in [0.25, 0.3) is 15.8 Å². The predicted molar refractivity (Wildman–Crippen MR) is 116 cm³/mol. The first-order valence-corrected chi connectivity index (χ1v) is 10.2. The molecule has 0 aromatic heterocycles. The minimum atomic E-state index is -3.92. The van der Waals surface area contributed by atoms with Crippen LogP contribution in [0.1, 0.15) is 11.1 Å². The van der Waals surface area contributed by atoms with Gasteiger partial charge in [0, 0.05) is 43.7 Å². The number of nitro benzene ring substituents is 1. The van der Waals surface area contributed by atoms with Crippen LogP contribution in [0.3, 0.4) is 0 Å². The summed E-state index contributed by atoms with van der Waals surface area (Å²) >= 11 is 0. The minimum absolute atomic E-state index is 0.0591. The van der Waals surface area contributed by atoms with Crippen LogP contribution in [-0.4, -0.2) is 55.3 Å². The number of nitrogens with one attached hydrogen (secondary N) is 2. The van der Waals surface area contributed by atoms with Crippen LogP contribution in [0, 0.1) is 15.5 Å². The number of hydrogen-bond donors (Lipinski definition) is 4. The van der Waals surface area contributed by atoms with Gasteiger partial charge >= 0.3 is 0 Å². The van der Waals surface area contributed by atoms with Crippen molar-refractivity contribution < 1.29 is 23.0 Å². The second kappa shape index (κ2) is 11.7. The van der Waals surface area contributed by atoms with Crippen LogP contribution in [-0.2, 0) is 10.1 Å². The summed E-state index contributed by atoms with van der Waals surface area (Å²) in [7, 11) is 0.00342. The lowest BCUT2D eigenvalue weighted by molar-refractivity contribution is -0.384. The number of benzene rings is 2. The van der Waals surface area contributed by atoms with E-state index in [2.05, 4.69) is 5.32 Å². The summed E-state index contributed by atoms with van der Waals surface area (Å²) in [6.45, 7) is -0.529. The van der Waals surface area contributed by atoms with Gasteiger partial charge in [-0.3, -0.25) is 20.1 Å². The molecule has 0 unspecified atom stereocenters. The third-order valence-corrected chi connectivity index (χ3v) is 4.33. The summed E-state index contributed by atoms with van der Waals surface area (Å²) in [5, 5.41) is 29.3. The summed E-state index contributed by atoms with van der Waals surface area (Å²) in [4.78, 5) is 12.1. The summed E-state index contributed by atoms with van der Waals surface area (Å²) in [5.41, 5.74) is 2.73. The van der Waals surface area contributed by atoms with Crippen LogP contribution in [0.15, 0.2) is 54.7 Å². The molecule has 0 amide bonds. The molecule has 0 atom stereocenters. The molecule has 4 N–H and O–H groups in total. The lowest BCUT2D eigenvalue weighted by Gasteiger charge is -2.12. The SMILES string of the molecule is CN(C)c1ccc(C(=N)N/C=C/c2ccc([N+](=O)[O-])cc2)cc1.O=S(=O)(O)CCO. The van der Waals surface area contributed by atoms with Crippen molar-refractivity contribution in [1.82, 2.24) is 5.32 Å². The summed E-state index contributed by atoms with van der Waals surface area (Å²) < 4.78 is 27.1. The first-order valence-electron chi connectivity index (χ1n) is 8.63. The van der Waals surface area contributed by atoms with Crippen molar-refractivity contribution in [3.05, 3.63) is 76.0 Å². The number of hydrogen-bond acceptors (Lipinski definition) is 7. The number of nitro groups is 1. The Morgan fingerprint density at radius 1 is 1.17 bits per heavy atom. The molecule has 0 aliphatic rings. The van der Waals surface area contributed by atoms with Gasteiger partial charge in [0.05, 0.1) is 17.3 Å². The lowest BCUT2D eigenvalue weighted by atomic mass is 10.2. The summed E-state index contributed by atoms with van der Waals surface area (Å²) in [6.07, 6.45) is 3.40. The normalized spacial score (nSPS) is 10.8. The van der Waals surface area contributed by atoms with Gasteiger partial charge in [-0.2, -0.15) is 8.42 Å². The second-order valence-corrected chi connectivity index (χ2v) is 7.72.